The van der Waals surface area contributed by atoms with E-state index >= 15 is 0 Å². The maximum atomic E-state index is 11.8. The highest BCUT2D eigenvalue weighted by Crippen LogP contribution is 2.41. The van der Waals surface area contributed by atoms with Gasteiger partial charge in [-0.15, -0.1) is 0 Å². The molecule has 0 saturated carbocycles. The van der Waals surface area contributed by atoms with Crippen LogP contribution >= 0.6 is 0 Å². The maximum Gasteiger partial charge on any atom is 0.459 e. The number of aliphatic carboxylic acids is 1. The first-order valence-corrected chi connectivity index (χ1v) is 7.23. The summed E-state index contributed by atoms with van der Waals surface area (Å²) in [6, 6.07) is 9.24. The van der Waals surface area contributed by atoms with Crippen molar-refractivity contribution in [1.29, 1.82) is 0 Å². The molecular formula is C16H23BO4. The predicted octanol–water partition coefficient (Wildman–Crippen LogP) is 3.12. The Bertz CT molecular complexity index is 510. The molecule has 1 heterocycles. The summed E-state index contributed by atoms with van der Waals surface area (Å²) < 4.78 is 11.9. The maximum absolute atomic E-state index is 11.8. The lowest BCUT2D eigenvalue weighted by molar-refractivity contribution is -0.142. The second kappa shape index (κ2) is 5.14. The van der Waals surface area contributed by atoms with Gasteiger partial charge in [0.05, 0.1) is 16.6 Å². The Labute approximate surface area is 126 Å². The third kappa shape index (κ3) is 2.85. The molecule has 5 heteroatoms. The van der Waals surface area contributed by atoms with Crippen LogP contribution in [-0.4, -0.2) is 29.4 Å². The van der Waals surface area contributed by atoms with Crippen LogP contribution in [-0.2, 0) is 19.5 Å². The van der Waals surface area contributed by atoms with E-state index in [0.717, 1.165) is 5.56 Å². The van der Waals surface area contributed by atoms with Crippen molar-refractivity contribution in [3.63, 3.8) is 0 Å². The summed E-state index contributed by atoms with van der Waals surface area (Å²) in [4.78, 5) is 11.8. The van der Waals surface area contributed by atoms with Gasteiger partial charge < -0.3 is 14.4 Å². The van der Waals surface area contributed by atoms with Crippen molar-refractivity contribution in [3.8, 4) is 0 Å². The van der Waals surface area contributed by atoms with Crippen LogP contribution in [0.2, 0.25) is 6.32 Å². The van der Waals surface area contributed by atoms with Crippen molar-refractivity contribution in [2.45, 2.75) is 57.6 Å². The highest BCUT2D eigenvalue weighted by atomic mass is 16.7. The summed E-state index contributed by atoms with van der Waals surface area (Å²) in [5.74, 6) is -0.872. The van der Waals surface area contributed by atoms with Crippen LogP contribution in [0.25, 0.3) is 0 Å². The standard InChI is InChI=1S/C16H23BO4/c1-14(2)15(3,4)21-17(20-14)11-16(5,13(18)19)12-9-7-6-8-10-12/h6-10H,11H2,1-5H3,(H,18,19). The summed E-state index contributed by atoms with van der Waals surface area (Å²) in [5, 5.41) is 9.70. The average Bonchev–Trinajstić information content (AvgIpc) is 2.57. The van der Waals surface area contributed by atoms with Gasteiger partial charge in [0.25, 0.3) is 0 Å². The summed E-state index contributed by atoms with van der Waals surface area (Å²) in [5.41, 5.74) is -1.18. The minimum Gasteiger partial charge on any atom is -0.481 e. The molecule has 4 nitrogen and oxygen atoms in total. The van der Waals surface area contributed by atoms with E-state index in [2.05, 4.69) is 0 Å². The first kappa shape index (κ1) is 16.1. The van der Waals surface area contributed by atoms with Crippen LogP contribution in [0, 0.1) is 0 Å². The molecule has 0 radical (unpaired) electrons. The van der Waals surface area contributed by atoms with E-state index in [1.54, 1.807) is 6.92 Å². The normalized spacial score (nSPS) is 22.8. The second-order valence-electron chi connectivity index (χ2n) is 6.89. The van der Waals surface area contributed by atoms with E-state index in [-0.39, 0.29) is 6.32 Å². The van der Waals surface area contributed by atoms with Gasteiger partial charge in [0.2, 0.25) is 0 Å². The van der Waals surface area contributed by atoms with Crippen molar-refractivity contribution < 1.29 is 19.2 Å². The molecule has 1 unspecified atom stereocenters. The zero-order chi connectivity index (χ0) is 15.9. The summed E-state index contributed by atoms with van der Waals surface area (Å²) in [7, 11) is -0.531. The van der Waals surface area contributed by atoms with Crippen LogP contribution in [0.3, 0.4) is 0 Å². The molecule has 114 valence electrons. The number of benzene rings is 1. The summed E-state index contributed by atoms with van der Waals surface area (Å²) in [6.45, 7) is 9.58. The van der Waals surface area contributed by atoms with Crippen LogP contribution in [0.4, 0.5) is 0 Å². The number of carboxylic acids is 1. The van der Waals surface area contributed by atoms with Crippen molar-refractivity contribution in [2.75, 3.05) is 0 Å². The van der Waals surface area contributed by atoms with E-state index in [1.165, 1.54) is 0 Å². The largest absolute Gasteiger partial charge is 0.481 e. The third-order valence-corrected chi connectivity index (χ3v) is 4.76. The van der Waals surface area contributed by atoms with Crippen molar-refractivity contribution in [3.05, 3.63) is 35.9 Å². The van der Waals surface area contributed by atoms with Gasteiger partial charge in [-0.25, -0.2) is 0 Å². The molecule has 1 atom stereocenters. The topological polar surface area (TPSA) is 55.8 Å². The number of hydrogen-bond donors (Lipinski definition) is 1. The van der Waals surface area contributed by atoms with Crippen LogP contribution in [0.1, 0.15) is 40.2 Å². The molecule has 1 saturated heterocycles. The molecule has 1 aliphatic rings. The second-order valence-corrected chi connectivity index (χ2v) is 6.89. The van der Waals surface area contributed by atoms with Gasteiger partial charge >= 0.3 is 13.1 Å². The fourth-order valence-electron chi connectivity index (χ4n) is 2.52. The lowest BCUT2D eigenvalue weighted by Gasteiger charge is -2.32. The Hall–Kier alpha value is -1.33. The first-order valence-electron chi connectivity index (χ1n) is 7.23. The first-order chi connectivity index (χ1) is 9.58. The molecule has 1 aromatic carbocycles. The molecule has 0 spiro atoms. The Morgan fingerprint density at radius 1 is 1.14 bits per heavy atom. The summed E-state index contributed by atoms with van der Waals surface area (Å²) in [6.07, 6.45) is 0.277. The van der Waals surface area contributed by atoms with Gasteiger partial charge in [-0.3, -0.25) is 4.79 Å². The molecular weight excluding hydrogens is 267 g/mol. The van der Waals surface area contributed by atoms with E-state index in [1.807, 2.05) is 58.0 Å². The molecule has 2 rings (SSSR count). The minimum atomic E-state index is -1.04. The van der Waals surface area contributed by atoms with Crippen molar-refractivity contribution in [1.82, 2.24) is 0 Å². The van der Waals surface area contributed by atoms with Gasteiger partial charge in [0, 0.05) is 6.32 Å². The minimum absolute atomic E-state index is 0.277. The van der Waals surface area contributed by atoms with Gasteiger partial charge in [-0.05, 0) is 40.2 Å². The lowest BCUT2D eigenvalue weighted by Crippen LogP contribution is -2.41. The number of hydrogen-bond acceptors (Lipinski definition) is 3. The van der Waals surface area contributed by atoms with Gasteiger partial charge in [-0.1, -0.05) is 30.3 Å². The zero-order valence-electron chi connectivity index (χ0n) is 13.3. The highest BCUT2D eigenvalue weighted by molar-refractivity contribution is 6.46. The molecule has 1 aliphatic heterocycles. The van der Waals surface area contributed by atoms with Crippen LogP contribution in [0.5, 0.6) is 0 Å². The number of carbonyl (C=O) groups is 1. The molecule has 0 aromatic heterocycles. The Morgan fingerprint density at radius 3 is 2.05 bits per heavy atom. The van der Waals surface area contributed by atoms with Crippen molar-refractivity contribution in [2.24, 2.45) is 0 Å². The monoisotopic (exact) mass is 290 g/mol. The quantitative estimate of drug-likeness (QED) is 0.866. The number of carboxylic acid groups (broad SMARTS) is 1. The average molecular weight is 290 g/mol. The molecule has 1 aromatic rings. The van der Waals surface area contributed by atoms with Gasteiger partial charge in [0.15, 0.2) is 0 Å². The SMILES string of the molecule is CC(CB1OC(C)(C)C(C)(C)O1)(C(=O)O)c1ccccc1. The van der Waals surface area contributed by atoms with Gasteiger partial charge in [0.1, 0.15) is 0 Å². The molecule has 21 heavy (non-hydrogen) atoms. The summed E-state index contributed by atoms with van der Waals surface area (Å²) >= 11 is 0. The molecule has 0 aliphatic carbocycles. The van der Waals surface area contributed by atoms with E-state index in [9.17, 15) is 9.90 Å². The molecule has 1 N–H and O–H groups in total. The fourth-order valence-corrected chi connectivity index (χ4v) is 2.52. The number of rotatable bonds is 4. The Kier molecular flexibility index (Phi) is 3.93. The molecule has 0 bridgehead atoms. The van der Waals surface area contributed by atoms with Crippen molar-refractivity contribution >= 4 is 13.1 Å². The predicted molar refractivity (Wildman–Crippen MR) is 82.3 cm³/mol. The Morgan fingerprint density at radius 2 is 1.62 bits per heavy atom. The fraction of sp³-hybridized carbons (Fsp3) is 0.562. The third-order valence-electron chi connectivity index (χ3n) is 4.76. The van der Waals surface area contributed by atoms with E-state index in [4.69, 9.17) is 9.31 Å². The highest BCUT2D eigenvalue weighted by Gasteiger charge is 2.54. The van der Waals surface area contributed by atoms with E-state index in [0.29, 0.717) is 0 Å². The van der Waals surface area contributed by atoms with Crippen LogP contribution in [0.15, 0.2) is 30.3 Å². The van der Waals surface area contributed by atoms with Crippen LogP contribution < -0.4 is 0 Å². The lowest BCUT2D eigenvalue weighted by atomic mass is 9.65. The van der Waals surface area contributed by atoms with Gasteiger partial charge in [-0.2, -0.15) is 0 Å². The zero-order valence-corrected chi connectivity index (χ0v) is 13.3. The molecule has 0 amide bonds. The van der Waals surface area contributed by atoms with E-state index < -0.39 is 29.7 Å². The smallest absolute Gasteiger partial charge is 0.459 e. The Balaban J connectivity index is 2.26. The molecule has 1 fully saturated rings.